The largest absolute Gasteiger partial charge is 0.423 e. The number of hydrogen-bond acceptors (Lipinski definition) is 6. The first-order valence-electron chi connectivity index (χ1n) is 8.98. The van der Waals surface area contributed by atoms with Gasteiger partial charge in [0.15, 0.2) is 0 Å². The van der Waals surface area contributed by atoms with E-state index in [0.717, 1.165) is 5.69 Å². The highest BCUT2D eigenvalue weighted by atomic mass is 16.5. The molecule has 2 rings (SSSR count). The van der Waals surface area contributed by atoms with Gasteiger partial charge in [0.25, 0.3) is 0 Å². The molecule has 0 aliphatic carbocycles. The van der Waals surface area contributed by atoms with Crippen molar-refractivity contribution in [2.75, 3.05) is 45.4 Å². The first-order chi connectivity index (χ1) is 13.2. The first kappa shape index (κ1) is 20.9. The van der Waals surface area contributed by atoms with E-state index in [1.807, 2.05) is 37.3 Å². The van der Waals surface area contributed by atoms with Crippen molar-refractivity contribution in [2.24, 2.45) is 0 Å². The van der Waals surface area contributed by atoms with Crippen LogP contribution in [0, 0.1) is 0 Å². The minimum Gasteiger partial charge on any atom is -0.423 e. The molecule has 1 N–H and O–H groups in total. The number of anilines is 1. The fourth-order valence-electron chi connectivity index (χ4n) is 2.25. The molecule has 0 unspecified atom stereocenters. The molecule has 0 heterocycles. The predicted molar refractivity (Wildman–Crippen MR) is 104 cm³/mol. The molecular formula is C21H27NO5. The summed E-state index contributed by atoms with van der Waals surface area (Å²) in [5.74, 6) is 0.153. The van der Waals surface area contributed by atoms with Crippen LogP contribution < -0.4 is 10.1 Å². The van der Waals surface area contributed by atoms with E-state index in [1.54, 1.807) is 31.4 Å². The van der Waals surface area contributed by atoms with Crippen molar-refractivity contribution >= 4 is 11.7 Å². The Labute approximate surface area is 160 Å². The van der Waals surface area contributed by atoms with Crippen LogP contribution in [-0.2, 0) is 14.2 Å². The summed E-state index contributed by atoms with van der Waals surface area (Å²) < 4.78 is 21.2. The Bertz CT molecular complexity index is 660. The molecule has 27 heavy (non-hydrogen) atoms. The third-order valence-corrected chi connectivity index (χ3v) is 3.73. The monoisotopic (exact) mass is 373 g/mol. The molecule has 0 saturated carbocycles. The zero-order chi connectivity index (χ0) is 19.3. The Kier molecular flexibility index (Phi) is 9.34. The molecule has 0 spiro atoms. The lowest BCUT2D eigenvalue weighted by atomic mass is 10.2. The summed E-state index contributed by atoms with van der Waals surface area (Å²) in [6.45, 7) is 4.90. The van der Waals surface area contributed by atoms with E-state index < -0.39 is 0 Å². The summed E-state index contributed by atoms with van der Waals surface area (Å²) in [7, 11) is 1.65. The molecule has 0 saturated heterocycles. The van der Waals surface area contributed by atoms with Gasteiger partial charge in [0.2, 0.25) is 0 Å². The number of benzene rings is 2. The summed E-state index contributed by atoms with van der Waals surface area (Å²) in [5.41, 5.74) is 1.42. The molecule has 0 bridgehead atoms. The zero-order valence-electron chi connectivity index (χ0n) is 15.9. The second-order valence-electron chi connectivity index (χ2n) is 5.95. The molecule has 0 aliphatic heterocycles. The second kappa shape index (κ2) is 12.1. The van der Waals surface area contributed by atoms with Gasteiger partial charge in [0.05, 0.1) is 38.1 Å². The fraction of sp³-hybridized carbons (Fsp3) is 0.381. The Morgan fingerprint density at radius 1 is 0.963 bits per heavy atom. The average molecular weight is 373 g/mol. The quantitative estimate of drug-likeness (QED) is 0.349. The summed E-state index contributed by atoms with van der Waals surface area (Å²) in [6, 6.07) is 16.2. The summed E-state index contributed by atoms with van der Waals surface area (Å²) in [6.07, 6.45) is 0.0405. The Hall–Kier alpha value is -2.41. The molecule has 0 amide bonds. The average Bonchev–Trinajstić information content (AvgIpc) is 2.70. The number of carbonyl (C=O) groups excluding carboxylic acids is 1. The maximum absolute atomic E-state index is 12.1. The fourth-order valence-corrected chi connectivity index (χ4v) is 2.25. The lowest BCUT2D eigenvalue weighted by Gasteiger charge is -2.15. The molecule has 0 radical (unpaired) electrons. The summed E-state index contributed by atoms with van der Waals surface area (Å²) in [5, 5.41) is 3.28. The van der Waals surface area contributed by atoms with Gasteiger partial charge in [-0.25, -0.2) is 4.79 Å². The highest BCUT2D eigenvalue weighted by Gasteiger charge is 2.08. The minimum atomic E-state index is -0.377. The standard InChI is InChI=1S/C21H27NO5/c1-17(26-15-14-25-13-12-24-2)16-22-19-10-8-18(9-11-19)21(23)27-20-6-4-3-5-7-20/h3-11,17,22H,12-16H2,1-2H3/t17-/m0/s1. The van der Waals surface area contributed by atoms with Crippen molar-refractivity contribution in [1.82, 2.24) is 0 Å². The van der Waals surface area contributed by atoms with Crippen molar-refractivity contribution in [3.05, 3.63) is 60.2 Å². The molecule has 0 fully saturated rings. The van der Waals surface area contributed by atoms with E-state index in [9.17, 15) is 4.79 Å². The van der Waals surface area contributed by atoms with Crippen LogP contribution in [0.4, 0.5) is 5.69 Å². The molecule has 1 atom stereocenters. The van der Waals surface area contributed by atoms with Crippen LogP contribution in [0.15, 0.2) is 54.6 Å². The first-order valence-corrected chi connectivity index (χ1v) is 8.98. The van der Waals surface area contributed by atoms with Gasteiger partial charge in [0.1, 0.15) is 5.75 Å². The Balaban J connectivity index is 1.68. The van der Waals surface area contributed by atoms with E-state index in [2.05, 4.69) is 5.32 Å². The van der Waals surface area contributed by atoms with Crippen LogP contribution in [0.2, 0.25) is 0 Å². The van der Waals surface area contributed by atoms with Gasteiger partial charge in [-0.15, -0.1) is 0 Å². The Morgan fingerprint density at radius 3 is 2.37 bits per heavy atom. The molecule has 0 aliphatic rings. The normalized spacial score (nSPS) is 11.8. The van der Waals surface area contributed by atoms with E-state index >= 15 is 0 Å². The van der Waals surface area contributed by atoms with Gasteiger partial charge in [-0.2, -0.15) is 0 Å². The van der Waals surface area contributed by atoms with Gasteiger partial charge < -0.3 is 24.3 Å². The maximum Gasteiger partial charge on any atom is 0.343 e. The third kappa shape index (κ3) is 8.21. The van der Waals surface area contributed by atoms with Gasteiger partial charge in [-0.3, -0.25) is 0 Å². The highest BCUT2D eigenvalue weighted by molar-refractivity contribution is 5.91. The summed E-state index contributed by atoms with van der Waals surface area (Å²) >= 11 is 0. The van der Waals surface area contributed by atoms with Crippen molar-refractivity contribution in [3.8, 4) is 5.75 Å². The van der Waals surface area contributed by atoms with Gasteiger partial charge >= 0.3 is 5.97 Å². The highest BCUT2D eigenvalue weighted by Crippen LogP contribution is 2.14. The number of hydrogen-bond donors (Lipinski definition) is 1. The van der Waals surface area contributed by atoms with Crippen LogP contribution in [0.1, 0.15) is 17.3 Å². The van der Waals surface area contributed by atoms with E-state index in [4.69, 9.17) is 18.9 Å². The van der Waals surface area contributed by atoms with Gasteiger partial charge in [0, 0.05) is 19.3 Å². The lowest BCUT2D eigenvalue weighted by Crippen LogP contribution is -2.22. The van der Waals surface area contributed by atoms with Crippen LogP contribution in [-0.4, -0.2) is 52.2 Å². The zero-order valence-corrected chi connectivity index (χ0v) is 15.9. The van der Waals surface area contributed by atoms with Crippen LogP contribution >= 0.6 is 0 Å². The predicted octanol–water partition coefficient (Wildman–Crippen LogP) is 3.39. The number of rotatable bonds is 12. The second-order valence-corrected chi connectivity index (χ2v) is 5.95. The van der Waals surface area contributed by atoms with Crippen LogP contribution in [0.5, 0.6) is 5.75 Å². The van der Waals surface area contributed by atoms with Gasteiger partial charge in [-0.05, 0) is 43.3 Å². The SMILES string of the molecule is COCCOCCO[C@@H](C)CNc1ccc(C(=O)Oc2ccccc2)cc1. The lowest BCUT2D eigenvalue weighted by molar-refractivity contribution is 0.00356. The molecule has 0 aromatic heterocycles. The molecule has 6 heteroatoms. The van der Waals surface area contributed by atoms with Crippen molar-refractivity contribution in [1.29, 1.82) is 0 Å². The number of esters is 1. The minimum absolute atomic E-state index is 0.0405. The van der Waals surface area contributed by atoms with Crippen LogP contribution in [0.25, 0.3) is 0 Å². The van der Waals surface area contributed by atoms with Crippen LogP contribution in [0.3, 0.4) is 0 Å². The smallest absolute Gasteiger partial charge is 0.343 e. The Morgan fingerprint density at radius 2 is 1.67 bits per heavy atom. The van der Waals surface area contributed by atoms with Crippen molar-refractivity contribution in [2.45, 2.75) is 13.0 Å². The third-order valence-electron chi connectivity index (χ3n) is 3.73. The number of methoxy groups -OCH3 is 1. The maximum atomic E-state index is 12.1. The van der Waals surface area contributed by atoms with E-state index in [1.165, 1.54) is 0 Å². The van der Waals surface area contributed by atoms with Crippen molar-refractivity contribution < 1.29 is 23.7 Å². The molecule has 6 nitrogen and oxygen atoms in total. The molecule has 2 aromatic carbocycles. The van der Waals surface area contributed by atoms with Gasteiger partial charge in [-0.1, -0.05) is 18.2 Å². The molecular weight excluding hydrogens is 346 g/mol. The number of para-hydroxylation sites is 1. The molecule has 146 valence electrons. The number of nitrogens with one attached hydrogen (secondary N) is 1. The number of ether oxygens (including phenoxy) is 4. The van der Waals surface area contributed by atoms with Crippen molar-refractivity contribution in [3.63, 3.8) is 0 Å². The number of carbonyl (C=O) groups is 1. The van der Waals surface area contributed by atoms with E-state index in [0.29, 0.717) is 44.3 Å². The van der Waals surface area contributed by atoms with E-state index in [-0.39, 0.29) is 12.1 Å². The molecule has 2 aromatic rings. The summed E-state index contributed by atoms with van der Waals surface area (Å²) in [4.78, 5) is 12.1. The topological polar surface area (TPSA) is 66.0 Å².